The molecule has 0 saturated carbocycles. The van der Waals surface area contributed by atoms with Crippen molar-refractivity contribution in [3.05, 3.63) is 18.2 Å². The summed E-state index contributed by atoms with van der Waals surface area (Å²) in [6.45, 7) is 3.62. The number of hydrogen-bond donors (Lipinski definition) is 7. The summed E-state index contributed by atoms with van der Waals surface area (Å²) in [4.78, 5) is 67.9. The van der Waals surface area contributed by atoms with Gasteiger partial charge >= 0.3 is 11.9 Å². The minimum absolute atomic E-state index is 0.0444. The molecule has 1 rings (SSSR count). The van der Waals surface area contributed by atoms with Crippen LogP contribution in [0.15, 0.2) is 12.5 Å². The molecule has 0 aliphatic heterocycles. The zero-order chi connectivity index (χ0) is 27.3. The number of thioether (sulfide) groups is 1. The second kappa shape index (κ2) is 15.8. The van der Waals surface area contributed by atoms with Gasteiger partial charge in [0.2, 0.25) is 17.7 Å². The molecule has 0 aliphatic carbocycles. The Morgan fingerprint density at radius 2 is 1.72 bits per heavy atom. The van der Waals surface area contributed by atoms with Gasteiger partial charge in [0.1, 0.15) is 18.1 Å². The van der Waals surface area contributed by atoms with E-state index in [9.17, 15) is 29.1 Å². The van der Waals surface area contributed by atoms with Gasteiger partial charge in [-0.05, 0) is 30.8 Å². The van der Waals surface area contributed by atoms with Crippen molar-refractivity contribution in [2.24, 2.45) is 11.7 Å². The summed E-state index contributed by atoms with van der Waals surface area (Å²) in [5, 5.41) is 25.8. The molecule has 0 aliphatic rings. The summed E-state index contributed by atoms with van der Waals surface area (Å²) in [6.07, 6.45) is 4.86. The fraction of sp³-hybridized carbons (Fsp3) is 0.636. The summed E-state index contributed by atoms with van der Waals surface area (Å²) >= 11 is 1.54. The lowest BCUT2D eigenvalue weighted by Crippen LogP contribution is -2.59. The van der Waals surface area contributed by atoms with Gasteiger partial charge < -0.3 is 36.9 Å². The maximum Gasteiger partial charge on any atom is 0.326 e. The molecule has 5 atom stereocenters. The van der Waals surface area contributed by atoms with E-state index in [1.54, 1.807) is 18.7 Å². The first-order chi connectivity index (χ1) is 17.0. The Bertz CT molecular complexity index is 882. The van der Waals surface area contributed by atoms with Crippen LogP contribution in [0.4, 0.5) is 0 Å². The summed E-state index contributed by atoms with van der Waals surface area (Å²) < 4.78 is 0. The predicted octanol–water partition coefficient (Wildman–Crippen LogP) is -0.517. The highest BCUT2D eigenvalue weighted by molar-refractivity contribution is 7.98. The van der Waals surface area contributed by atoms with Gasteiger partial charge in [0, 0.05) is 24.7 Å². The molecule has 202 valence electrons. The van der Waals surface area contributed by atoms with Crippen molar-refractivity contribution in [3.8, 4) is 0 Å². The van der Waals surface area contributed by atoms with Gasteiger partial charge in [0.25, 0.3) is 0 Å². The number of hydrogen-bond acceptors (Lipinski definition) is 8. The molecule has 0 fully saturated rings. The van der Waals surface area contributed by atoms with Gasteiger partial charge in [-0.25, -0.2) is 9.78 Å². The summed E-state index contributed by atoms with van der Waals surface area (Å²) in [6, 6.07) is -4.47. The Balaban J connectivity index is 3.06. The molecule has 36 heavy (non-hydrogen) atoms. The van der Waals surface area contributed by atoms with Crippen molar-refractivity contribution in [2.75, 3.05) is 12.0 Å². The number of imidazole rings is 1. The van der Waals surface area contributed by atoms with E-state index < -0.39 is 60.2 Å². The number of aromatic amines is 1. The first kappa shape index (κ1) is 30.9. The van der Waals surface area contributed by atoms with E-state index in [-0.39, 0.29) is 18.8 Å². The van der Waals surface area contributed by atoms with E-state index in [2.05, 4.69) is 25.9 Å². The zero-order valence-corrected chi connectivity index (χ0v) is 21.5. The second-order valence-corrected chi connectivity index (χ2v) is 9.42. The van der Waals surface area contributed by atoms with Crippen molar-refractivity contribution in [2.45, 2.75) is 70.1 Å². The topological polar surface area (TPSA) is 217 Å². The monoisotopic (exact) mass is 528 g/mol. The standard InChI is InChI=1S/C22H36N6O7S/c1-4-12(2)18(28-19(31)14(23)7-8-36-3)21(33)27-16(9-13-10-24-11-25-13)20(32)26-15(22(34)35)5-6-17(29)30/h10-12,14-16,18H,4-9,23H2,1-3H3,(H,24,25)(H,26,32)(H,27,33)(H,28,31)(H,29,30)(H,34,35). The van der Waals surface area contributed by atoms with Crippen molar-refractivity contribution >= 4 is 41.4 Å². The van der Waals surface area contributed by atoms with Crippen molar-refractivity contribution in [1.29, 1.82) is 0 Å². The van der Waals surface area contributed by atoms with E-state index in [4.69, 9.17) is 10.8 Å². The smallest absolute Gasteiger partial charge is 0.326 e. The van der Waals surface area contributed by atoms with Gasteiger partial charge in [-0.1, -0.05) is 20.3 Å². The van der Waals surface area contributed by atoms with Crippen LogP contribution in [0.5, 0.6) is 0 Å². The number of aliphatic carboxylic acids is 2. The quantitative estimate of drug-likeness (QED) is 0.137. The molecular weight excluding hydrogens is 492 g/mol. The molecular formula is C22H36N6O7S. The highest BCUT2D eigenvalue weighted by atomic mass is 32.2. The first-order valence-corrected chi connectivity index (χ1v) is 13.0. The third kappa shape index (κ3) is 10.6. The van der Waals surface area contributed by atoms with Crippen LogP contribution < -0.4 is 21.7 Å². The lowest BCUT2D eigenvalue weighted by molar-refractivity contribution is -0.143. The summed E-state index contributed by atoms with van der Waals surface area (Å²) in [5.41, 5.74) is 6.43. The average Bonchev–Trinajstić information content (AvgIpc) is 3.34. The number of nitrogens with zero attached hydrogens (tertiary/aromatic N) is 1. The van der Waals surface area contributed by atoms with Crippen molar-refractivity contribution < 1.29 is 34.2 Å². The number of carboxylic acids is 2. The predicted molar refractivity (Wildman–Crippen MR) is 133 cm³/mol. The summed E-state index contributed by atoms with van der Waals surface area (Å²) in [7, 11) is 0. The van der Waals surface area contributed by atoms with Crippen LogP contribution in [0.25, 0.3) is 0 Å². The molecule has 14 heteroatoms. The Hall–Kier alpha value is -3.13. The molecule has 1 aromatic heterocycles. The maximum atomic E-state index is 13.2. The first-order valence-electron chi connectivity index (χ1n) is 11.6. The van der Waals surface area contributed by atoms with E-state index in [1.807, 2.05) is 13.2 Å². The molecule has 0 spiro atoms. The van der Waals surface area contributed by atoms with Gasteiger partial charge in [-0.2, -0.15) is 11.8 Å². The Labute approximate surface area is 213 Å². The lowest BCUT2D eigenvalue weighted by Gasteiger charge is -2.28. The number of H-pyrrole nitrogens is 1. The molecule has 0 saturated heterocycles. The Kier molecular flexibility index (Phi) is 13.5. The molecule has 0 bridgehead atoms. The summed E-state index contributed by atoms with van der Waals surface area (Å²) in [5.74, 6) is -4.17. The van der Waals surface area contributed by atoms with Crippen LogP contribution in [-0.4, -0.2) is 86.0 Å². The molecule has 1 heterocycles. The van der Waals surface area contributed by atoms with Crippen LogP contribution in [0.2, 0.25) is 0 Å². The molecule has 0 radical (unpaired) electrons. The highest BCUT2D eigenvalue weighted by Crippen LogP contribution is 2.11. The van der Waals surface area contributed by atoms with Gasteiger partial charge in [0.15, 0.2) is 0 Å². The van der Waals surface area contributed by atoms with Crippen LogP contribution in [0.1, 0.15) is 45.2 Å². The van der Waals surface area contributed by atoms with E-state index in [1.165, 1.54) is 12.5 Å². The maximum absolute atomic E-state index is 13.2. The van der Waals surface area contributed by atoms with Gasteiger partial charge in [0.05, 0.1) is 12.4 Å². The molecule has 0 aromatic carbocycles. The minimum Gasteiger partial charge on any atom is -0.481 e. The van der Waals surface area contributed by atoms with Gasteiger partial charge in [-0.15, -0.1) is 0 Å². The minimum atomic E-state index is -1.46. The molecule has 3 amide bonds. The zero-order valence-electron chi connectivity index (χ0n) is 20.7. The highest BCUT2D eigenvalue weighted by Gasteiger charge is 2.32. The van der Waals surface area contributed by atoms with Crippen molar-refractivity contribution in [3.63, 3.8) is 0 Å². The molecule has 8 N–H and O–H groups in total. The van der Waals surface area contributed by atoms with Gasteiger partial charge in [-0.3, -0.25) is 19.2 Å². The van der Waals surface area contributed by atoms with Crippen molar-refractivity contribution in [1.82, 2.24) is 25.9 Å². The van der Waals surface area contributed by atoms with Crippen LogP contribution in [0.3, 0.4) is 0 Å². The fourth-order valence-corrected chi connectivity index (χ4v) is 3.71. The largest absolute Gasteiger partial charge is 0.481 e. The SMILES string of the molecule is CCC(C)C(NC(=O)C(N)CCSC)C(=O)NC(Cc1cnc[nH]1)C(=O)NC(CCC(=O)O)C(=O)O. The number of carbonyl (C=O) groups is 5. The number of carbonyl (C=O) groups excluding carboxylic acids is 3. The molecule has 5 unspecified atom stereocenters. The van der Waals surface area contributed by atoms with E-state index in [0.29, 0.717) is 24.3 Å². The Morgan fingerprint density at radius 1 is 1.06 bits per heavy atom. The molecule has 1 aromatic rings. The van der Waals surface area contributed by atoms with Crippen LogP contribution in [-0.2, 0) is 30.4 Å². The third-order valence-electron chi connectivity index (χ3n) is 5.64. The second-order valence-electron chi connectivity index (χ2n) is 8.43. The molecule has 13 nitrogen and oxygen atoms in total. The number of rotatable bonds is 17. The normalized spacial score (nSPS) is 15.1. The number of nitrogens with one attached hydrogen (secondary N) is 4. The number of carboxylic acid groups (broad SMARTS) is 2. The number of aromatic nitrogens is 2. The van der Waals surface area contributed by atoms with E-state index in [0.717, 1.165) is 0 Å². The average molecular weight is 529 g/mol. The number of amides is 3. The lowest BCUT2D eigenvalue weighted by atomic mass is 9.97. The fourth-order valence-electron chi connectivity index (χ4n) is 3.22. The van der Waals surface area contributed by atoms with E-state index >= 15 is 0 Å². The Morgan fingerprint density at radius 3 is 2.25 bits per heavy atom. The third-order valence-corrected chi connectivity index (χ3v) is 6.28. The van der Waals surface area contributed by atoms with Crippen LogP contribution in [0, 0.1) is 5.92 Å². The number of nitrogens with two attached hydrogens (primary N) is 1. The van der Waals surface area contributed by atoms with Crippen LogP contribution >= 0.6 is 11.8 Å².